The van der Waals surface area contributed by atoms with Gasteiger partial charge in [0.15, 0.2) is 0 Å². The molecule has 1 amide bonds. The zero-order valence-corrected chi connectivity index (χ0v) is 11.2. The van der Waals surface area contributed by atoms with Gasteiger partial charge in [0.25, 0.3) is 11.7 Å². The van der Waals surface area contributed by atoms with Gasteiger partial charge in [-0.25, -0.2) is 4.98 Å². The molecule has 1 atom stereocenters. The largest absolute Gasteiger partial charge is 0.337 e. The van der Waals surface area contributed by atoms with E-state index in [2.05, 4.69) is 25.8 Å². The predicted molar refractivity (Wildman–Crippen MR) is 71.5 cm³/mol. The zero-order valence-electron chi connectivity index (χ0n) is 10.5. The Morgan fingerprint density at radius 3 is 3.20 bits per heavy atom. The third-order valence-corrected chi connectivity index (χ3v) is 3.20. The number of aromatic nitrogens is 3. The van der Waals surface area contributed by atoms with Crippen LogP contribution in [0.4, 0.5) is 5.82 Å². The molecular formula is C12H12ClN5O2. The molecule has 3 heterocycles. The van der Waals surface area contributed by atoms with Gasteiger partial charge in [-0.1, -0.05) is 16.8 Å². The molecule has 1 aliphatic heterocycles. The van der Waals surface area contributed by atoms with E-state index in [1.807, 2.05) is 0 Å². The molecule has 1 unspecified atom stereocenters. The minimum atomic E-state index is -0.479. The molecule has 1 saturated heterocycles. The highest BCUT2D eigenvalue weighted by atomic mass is 35.5. The van der Waals surface area contributed by atoms with E-state index in [9.17, 15) is 4.79 Å². The van der Waals surface area contributed by atoms with Crippen molar-refractivity contribution >= 4 is 23.3 Å². The fourth-order valence-electron chi connectivity index (χ4n) is 2.01. The summed E-state index contributed by atoms with van der Waals surface area (Å²) in [5.41, 5.74) is 0. The second kappa shape index (κ2) is 5.56. The minimum Gasteiger partial charge on any atom is -0.337 e. The van der Waals surface area contributed by atoms with Crippen LogP contribution in [0.3, 0.4) is 0 Å². The molecule has 1 aliphatic rings. The van der Waals surface area contributed by atoms with Crippen molar-refractivity contribution < 1.29 is 9.32 Å². The molecule has 104 valence electrons. The van der Waals surface area contributed by atoms with Crippen molar-refractivity contribution in [1.82, 2.24) is 20.4 Å². The van der Waals surface area contributed by atoms with Crippen molar-refractivity contribution in [2.45, 2.75) is 18.9 Å². The maximum absolute atomic E-state index is 12.0. The Kier molecular flexibility index (Phi) is 3.62. The molecule has 0 spiro atoms. The lowest BCUT2D eigenvalue weighted by molar-refractivity contribution is 0.101. The average molecular weight is 294 g/mol. The number of carbonyl (C=O) groups is 1. The van der Waals surface area contributed by atoms with Gasteiger partial charge in [-0.05, 0) is 31.5 Å². The van der Waals surface area contributed by atoms with Gasteiger partial charge in [0.2, 0.25) is 5.89 Å². The molecule has 2 aromatic heterocycles. The van der Waals surface area contributed by atoms with E-state index in [-0.39, 0.29) is 11.9 Å². The van der Waals surface area contributed by atoms with Gasteiger partial charge < -0.3 is 15.2 Å². The Morgan fingerprint density at radius 2 is 2.45 bits per heavy atom. The number of nitrogens with one attached hydrogen (secondary N) is 2. The van der Waals surface area contributed by atoms with Gasteiger partial charge in [-0.3, -0.25) is 4.79 Å². The monoisotopic (exact) mass is 293 g/mol. The number of amides is 1. The van der Waals surface area contributed by atoms with Crippen LogP contribution in [0.15, 0.2) is 22.9 Å². The third kappa shape index (κ3) is 2.78. The first-order chi connectivity index (χ1) is 9.72. The lowest BCUT2D eigenvalue weighted by Crippen LogP contribution is -2.16. The molecule has 2 aromatic rings. The van der Waals surface area contributed by atoms with E-state index in [0.717, 1.165) is 19.4 Å². The van der Waals surface area contributed by atoms with Crippen molar-refractivity contribution in [3.05, 3.63) is 35.1 Å². The summed E-state index contributed by atoms with van der Waals surface area (Å²) in [5.74, 6) is 0.280. The Morgan fingerprint density at radius 1 is 1.55 bits per heavy atom. The molecule has 0 aromatic carbocycles. The van der Waals surface area contributed by atoms with Crippen molar-refractivity contribution in [3.8, 4) is 0 Å². The van der Waals surface area contributed by atoms with Crippen LogP contribution in [0.25, 0.3) is 0 Å². The Balaban J connectivity index is 1.71. The SMILES string of the molecule is O=C(Nc1cc(Cl)ccn1)c1noc(C2CCCN2)n1. The van der Waals surface area contributed by atoms with E-state index < -0.39 is 5.91 Å². The average Bonchev–Trinajstić information content (AvgIpc) is 3.10. The zero-order chi connectivity index (χ0) is 13.9. The summed E-state index contributed by atoms with van der Waals surface area (Å²) >= 11 is 5.82. The van der Waals surface area contributed by atoms with Gasteiger partial charge in [-0.15, -0.1) is 0 Å². The van der Waals surface area contributed by atoms with Gasteiger partial charge in [-0.2, -0.15) is 4.98 Å². The molecule has 3 rings (SSSR count). The summed E-state index contributed by atoms with van der Waals surface area (Å²) < 4.78 is 5.10. The Hall–Kier alpha value is -1.99. The van der Waals surface area contributed by atoms with Gasteiger partial charge in [0, 0.05) is 11.2 Å². The van der Waals surface area contributed by atoms with Gasteiger partial charge in [0.05, 0.1) is 6.04 Å². The number of rotatable bonds is 3. The summed E-state index contributed by atoms with van der Waals surface area (Å²) in [6.45, 7) is 0.918. The van der Waals surface area contributed by atoms with E-state index in [0.29, 0.717) is 16.7 Å². The summed E-state index contributed by atoms with van der Waals surface area (Å²) in [5, 5.41) is 9.95. The fourth-order valence-corrected chi connectivity index (χ4v) is 2.17. The smallest absolute Gasteiger partial charge is 0.298 e. The van der Waals surface area contributed by atoms with Crippen LogP contribution >= 0.6 is 11.6 Å². The lowest BCUT2D eigenvalue weighted by Gasteiger charge is -2.02. The molecule has 0 bridgehead atoms. The van der Waals surface area contributed by atoms with Crippen LogP contribution in [0, 0.1) is 0 Å². The van der Waals surface area contributed by atoms with Crippen LogP contribution < -0.4 is 10.6 Å². The number of halogens is 1. The first-order valence-electron chi connectivity index (χ1n) is 6.22. The van der Waals surface area contributed by atoms with E-state index in [1.54, 1.807) is 12.1 Å². The molecule has 7 nitrogen and oxygen atoms in total. The maximum Gasteiger partial charge on any atom is 0.298 e. The van der Waals surface area contributed by atoms with Crippen LogP contribution in [0.2, 0.25) is 5.02 Å². The standard InChI is InChI=1S/C12H12ClN5O2/c13-7-3-5-15-9(6-7)16-11(19)10-17-12(20-18-10)8-2-1-4-14-8/h3,5-6,8,14H,1-2,4H2,(H,15,16,19). The molecule has 2 N–H and O–H groups in total. The molecular weight excluding hydrogens is 282 g/mol. The molecule has 20 heavy (non-hydrogen) atoms. The van der Waals surface area contributed by atoms with Crippen molar-refractivity contribution in [2.75, 3.05) is 11.9 Å². The number of pyridine rings is 1. The topological polar surface area (TPSA) is 92.9 Å². The number of hydrogen-bond acceptors (Lipinski definition) is 6. The Bertz CT molecular complexity index is 624. The van der Waals surface area contributed by atoms with Crippen LogP contribution in [0.5, 0.6) is 0 Å². The van der Waals surface area contributed by atoms with Crippen molar-refractivity contribution in [1.29, 1.82) is 0 Å². The molecule has 8 heteroatoms. The number of hydrogen-bond donors (Lipinski definition) is 2. The van der Waals surface area contributed by atoms with Crippen molar-refractivity contribution in [2.24, 2.45) is 0 Å². The van der Waals surface area contributed by atoms with Crippen LogP contribution in [0.1, 0.15) is 35.4 Å². The lowest BCUT2D eigenvalue weighted by atomic mass is 10.2. The highest BCUT2D eigenvalue weighted by Gasteiger charge is 2.24. The first-order valence-corrected chi connectivity index (χ1v) is 6.60. The third-order valence-electron chi connectivity index (χ3n) is 2.97. The van der Waals surface area contributed by atoms with E-state index in [4.69, 9.17) is 16.1 Å². The quantitative estimate of drug-likeness (QED) is 0.896. The minimum absolute atomic E-state index is 0.0181. The molecule has 0 radical (unpaired) electrons. The second-order valence-electron chi connectivity index (χ2n) is 4.42. The fraction of sp³-hybridized carbons (Fsp3) is 0.333. The van der Waals surface area contributed by atoms with E-state index in [1.165, 1.54) is 6.20 Å². The molecule has 1 fully saturated rings. The number of anilines is 1. The summed E-state index contributed by atoms with van der Waals surface area (Å²) in [7, 11) is 0. The van der Waals surface area contributed by atoms with Crippen molar-refractivity contribution in [3.63, 3.8) is 0 Å². The number of nitrogens with zero attached hydrogens (tertiary/aromatic N) is 3. The maximum atomic E-state index is 12.0. The number of carbonyl (C=O) groups excluding carboxylic acids is 1. The molecule has 0 aliphatic carbocycles. The van der Waals surface area contributed by atoms with Crippen LogP contribution in [-0.2, 0) is 0 Å². The van der Waals surface area contributed by atoms with Crippen LogP contribution in [-0.4, -0.2) is 27.6 Å². The molecule has 0 saturated carbocycles. The normalized spacial score (nSPS) is 18.1. The Labute approximate surface area is 119 Å². The van der Waals surface area contributed by atoms with Gasteiger partial charge >= 0.3 is 0 Å². The summed E-state index contributed by atoms with van der Waals surface area (Å²) in [6.07, 6.45) is 3.49. The first kappa shape index (κ1) is 13.0. The highest BCUT2D eigenvalue weighted by molar-refractivity contribution is 6.30. The highest BCUT2D eigenvalue weighted by Crippen LogP contribution is 2.21. The van der Waals surface area contributed by atoms with E-state index >= 15 is 0 Å². The predicted octanol–water partition coefficient (Wildman–Crippen LogP) is 1.79. The summed E-state index contributed by atoms with van der Waals surface area (Å²) in [6, 6.07) is 3.20. The summed E-state index contributed by atoms with van der Waals surface area (Å²) in [4.78, 5) is 20.0. The van der Waals surface area contributed by atoms with Gasteiger partial charge in [0.1, 0.15) is 5.82 Å². The second-order valence-corrected chi connectivity index (χ2v) is 4.86.